The highest BCUT2D eigenvalue weighted by Crippen LogP contribution is 2.21. The van der Waals surface area contributed by atoms with Crippen molar-refractivity contribution in [3.8, 4) is 0 Å². The summed E-state index contributed by atoms with van der Waals surface area (Å²) in [6.07, 6.45) is 4.88. The fourth-order valence-corrected chi connectivity index (χ4v) is 2.72. The van der Waals surface area contributed by atoms with Gasteiger partial charge in [0.1, 0.15) is 0 Å². The first-order valence-corrected chi connectivity index (χ1v) is 7.28. The molecule has 0 heterocycles. The minimum atomic E-state index is 0.0701. The van der Waals surface area contributed by atoms with Crippen molar-refractivity contribution in [2.45, 2.75) is 45.1 Å². The summed E-state index contributed by atoms with van der Waals surface area (Å²) >= 11 is 0. The van der Waals surface area contributed by atoms with Crippen molar-refractivity contribution in [3.63, 3.8) is 0 Å². The molecule has 1 aliphatic rings. The van der Waals surface area contributed by atoms with E-state index >= 15 is 0 Å². The van der Waals surface area contributed by atoms with Gasteiger partial charge in [0.25, 0.3) is 0 Å². The second-order valence-electron chi connectivity index (χ2n) is 5.55. The van der Waals surface area contributed by atoms with Crippen LogP contribution in [-0.4, -0.2) is 18.5 Å². The van der Waals surface area contributed by atoms with Gasteiger partial charge in [-0.3, -0.25) is 4.79 Å². The van der Waals surface area contributed by atoms with E-state index in [-0.39, 0.29) is 11.8 Å². The lowest BCUT2D eigenvalue weighted by Crippen LogP contribution is -2.41. The van der Waals surface area contributed by atoms with Gasteiger partial charge >= 0.3 is 0 Å². The SMILES string of the molecule is CC(CCCN)C(=O)NC1CCc2ccccc2C1. The molecular weight excluding hydrogens is 236 g/mol. The minimum absolute atomic E-state index is 0.0701. The number of amides is 1. The Labute approximate surface area is 115 Å². The van der Waals surface area contributed by atoms with Crippen LogP contribution in [0.1, 0.15) is 37.3 Å². The van der Waals surface area contributed by atoms with E-state index in [1.165, 1.54) is 11.1 Å². The number of benzene rings is 1. The number of fused-ring (bicyclic) bond motifs is 1. The first-order valence-electron chi connectivity index (χ1n) is 7.28. The van der Waals surface area contributed by atoms with Crippen molar-refractivity contribution in [1.29, 1.82) is 0 Å². The molecule has 19 heavy (non-hydrogen) atoms. The largest absolute Gasteiger partial charge is 0.353 e. The predicted molar refractivity (Wildman–Crippen MR) is 77.9 cm³/mol. The Morgan fingerprint density at radius 2 is 2.16 bits per heavy atom. The van der Waals surface area contributed by atoms with Crippen LogP contribution < -0.4 is 11.1 Å². The first kappa shape index (κ1) is 14.1. The lowest BCUT2D eigenvalue weighted by Gasteiger charge is -2.26. The second-order valence-corrected chi connectivity index (χ2v) is 5.55. The maximum absolute atomic E-state index is 12.1. The van der Waals surface area contributed by atoms with Crippen LogP contribution >= 0.6 is 0 Å². The van der Waals surface area contributed by atoms with Crippen LogP contribution in [0.15, 0.2) is 24.3 Å². The molecule has 0 saturated carbocycles. The van der Waals surface area contributed by atoms with E-state index in [0.717, 1.165) is 32.1 Å². The molecule has 0 aliphatic heterocycles. The Morgan fingerprint density at radius 1 is 1.42 bits per heavy atom. The topological polar surface area (TPSA) is 55.1 Å². The summed E-state index contributed by atoms with van der Waals surface area (Å²) in [6, 6.07) is 8.82. The van der Waals surface area contributed by atoms with E-state index in [1.54, 1.807) is 0 Å². The van der Waals surface area contributed by atoms with Crippen molar-refractivity contribution in [1.82, 2.24) is 5.32 Å². The molecule has 104 valence electrons. The third-order valence-electron chi connectivity index (χ3n) is 3.98. The molecule has 3 nitrogen and oxygen atoms in total. The number of carbonyl (C=O) groups excluding carboxylic acids is 1. The molecule has 1 aromatic rings. The fraction of sp³-hybridized carbons (Fsp3) is 0.562. The Balaban J connectivity index is 1.86. The summed E-state index contributed by atoms with van der Waals surface area (Å²) in [5.41, 5.74) is 8.30. The molecular formula is C16H24N2O. The molecule has 0 spiro atoms. The molecule has 0 saturated heterocycles. The van der Waals surface area contributed by atoms with Gasteiger partial charge in [-0.05, 0) is 49.8 Å². The zero-order valence-corrected chi connectivity index (χ0v) is 11.7. The van der Waals surface area contributed by atoms with Gasteiger partial charge in [-0.25, -0.2) is 0 Å². The van der Waals surface area contributed by atoms with Crippen molar-refractivity contribution in [2.75, 3.05) is 6.54 Å². The minimum Gasteiger partial charge on any atom is -0.353 e. The summed E-state index contributed by atoms with van der Waals surface area (Å²) < 4.78 is 0. The van der Waals surface area contributed by atoms with Crippen molar-refractivity contribution in [3.05, 3.63) is 35.4 Å². The Bertz CT molecular complexity index is 431. The van der Waals surface area contributed by atoms with Crippen LogP contribution in [0.5, 0.6) is 0 Å². The highest BCUT2D eigenvalue weighted by molar-refractivity contribution is 5.78. The van der Waals surface area contributed by atoms with E-state index in [2.05, 4.69) is 29.6 Å². The Kier molecular flexibility index (Phi) is 4.97. The maximum Gasteiger partial charge on any atom is 0.223 e. The van der Waals surface area contributed by atoms with E-state index < -0.39 is 0 Å². The number of carbonyl (C=O) groups is 1. The highest BCUT2D eigenvalue weighted by atomic mass is 16.1. The second kappa shape index (κ2) is 6.71. The molecule has 1 aromatic carbocycles. The summed E-state index contributed by atoms with van der Waals surface area (Å²) in [6.45, 7) is 2.65. The van der Waals surface area contributed by atoms with Gasteiger partial charge in [0, 0.05) is 12.0 Å². The van der Waals surface area contributed by atoms with Gasteiger partial charge in [0.05, 0.1) is 0 Å². The fourth-order valence-electron chi connectivity index (χ4n) is 2.72. The molecule has 0 aromatic heterocycles. The summed E-state index contributed by atoms with van der Waals surface area (Å²) in [4.78, 5) is 12.1. The zero-order chi connectivity index (χ0) is 13.7. The molecule has 1 aliphatic carbocycles. The molecule has 0 fully saturated rings. The quantitative estimate of drug-likeness (QED) is 0.851. The average molecular weight is 260 g/mol. The Hall–Kier alpha value is -1.35. The van der Waals surface area contributed by atoms with Gasteiger partial charge in [0.2, 0.25) is 5.91 Å². The van der Waals surface area contributed by atoms with Gasteiger partial charge in [0.15, 0.2) is 0 Å². The smallest absolute Gasteiger partial charge is 0.223 e. The number of aryl methyl sites for hydroxylation is 1. The van der Waals surface area contributed by atoms with Crippen molar-refractivity contribution < 1.29 is 4.79 Å². The zero-order valence-electron chi connectivity index (χ0n) is 11.7. The lowest BCUT2D eigenvalue weighted by atomic mass is 9.88. The molecule has 2 atom stereocenters. The van der Waals surface area contributed by atoms with Crippen molar-refractivity contribution >= 4 is 5.91 Å². The molecule has 2 unspecified atom stereocenters. The number of nitrogens with two attached hydrogens (primary N) is 1. The van der Waals surface area contributed by atoms with E-state index in [0.29, 0.717) is 12.6 Å². The number of nitrogens with one attached hydrogen (secondary N) is 1. The lowest BCUT2D eigenvalue weighted by molar-refractivity contribution is -0.125. The van der Waals surface area contributed by atoms with Crippen LogP contribution in [-0.2, 0) is 17.6 Å². The van der Waals surface area contributed by atoms with E-state index in [1.807, 2.05) is 6.92 Å². The average Bonchev–Trinajstić information content (AvgIpc) is 2.44. The number of hydrogen-bond donors (Lipinski definition) is 2. The van der Waals surface area contributed by atoms with E-state index in [9.17, 15) is 4.79 Å². The summed E-state index contributed by atoms with van der Waals surface area (Å²) in [5.74, 6) is 0.249. The third kappa shape index (κ3) is 3.80. The van der Waals surface area contributed by atoms with Gasteiger partial charge in [-0.2, -0.15) is 0 Å². The van der Waals surface area contributed by atoms with Crippen LogP contribution in [0.2, 0.25) is 0 Å². The number of hydrogen-bond acceptors (Lipinski definition) is 2. The third-order valence-corrected chi connectivity index (χ3v) is 3.98. The van der Waals surface area contributed by atoms with Crippen LogP contribution in [0.4, 0.5) is 0 Å². The maximum atomic E-state index is 12.1. The number of rotatable bonds is 5. The predicted octanol–water partition coefficient (Wildman–Crippen LogP) is 2.04. The molecule has 1 amide bonds. The standard InChI is InChI=1S/C16H24N2O/c1-12(5-4-10-17)16(19)18-15-9-8-13-6-2-3-7-14(13)11-15/h2-3,6-7,12,15H,4-5,8-11,17H2,1H3,(H,18,19). The molecule has 0 bridgehead atoms. The van der Waals surface area contributed by atoms with Gasteiger partial charge in [-0.15, -0.1) is 0 Å². The Morgan fingerprint density at radius 3 is 2.89 bits per heavy atom. The van der Waals surface area contributed by atoms with Crippen LogP contribution in [0, 0.1) is 5.92 Å². The normalized spacial score (nSPS) is 19.6. The van der Waals surface area contributed by atoms with Gasteiger partial charge < -0.3 is 11.1 Å². The monoisotopic (exact) mass is 260 g/mol. The highest BCUT2D eigenvalue weighted by Gasteiger charge is 2.21. The summed E-state index contributed by atoms with van der Waals surface area (Å²) in [7, 11) is 0. The van der Waals surface area contributed by atoms with Crippen molar-refractivity contribution in [2.24, 2.45) is 11.7 Å². The van der Waals surface area contributed by atoms with Crippen LogP contribution in [0.25, 0.3) is 0 Å². The molecule has 3 heteroatoms. The molecule has 0 radical (unpaired) electrons. The molecule has 2 rings (SSSR count). The van der Waals surface area contributed by atoms with Crippen LogP contribution in [0.3, 0.4) is 0 Å². The molecule has 3 N–H and O–H groups in total. The summed E-state index contributed by atoms with van der Waals surface area (Å²) in [5, 5.41) is 3.19. The van der Waals surface area contributed by atoms with E-state index in [4.69, 9.17) is 5.73 Å². The van der Waals surface area contributed by atoms with Gasteiger partial charge in [-0.1, -0.05) is 31.2 Å². The first-order chi connectivity index (χ1) is 9.20.